The summed E-state index contributed by atoms with van der Waals surface area (Å²) in [4.78, 5) is 3.76. The maximum absolute atomic E-state index is 12.1. The van der Waals surface area contributed by atoms with Gasteiger partial charge < -0.3 is 5.11 Å². The second-order valence-corrected chi connectivity index (χ2v) is 6.87. The summed E-state index contributed by atoms with van der Waals surface area (Å²) in [6.45, 7) is 0.443. The van der Waals surface area contributed by atoms with Gasteiger partial charge in [-0.15, -0.1) is 0 Å². The molecule has 0 radical (unpaired) electrons. The van der Waals surface area contributed by atoms with Gasteiger partial charge in [0.2, 0.25) is 10.0 Å². The third-order valence-corrected chi connectivity index (χ3v) is 5.47. The van der Waals surface area contributed by atoms with Crippen LogP contribution in [0.15, 0.2) is 23.2 Å². The molecule has 1 aliphatic carbocycles. The van der Waals surface area contributed by atoms with Crippen LogP contribution in [0.4, 0.5) is 0 Å². The largest absolute Gasteiger partial charge is 0.396 e. The molecule has 0 aromatic carbocycles. The van der Waals surface area contributed by atoms with Crippen molar-refractivity contribution in [1.29, 1.82) is 0 Å². The summed E-state index contributed by atoms with van der Waals surface area (Å²) in [5.74, 6) is 0.377. The van der Waals surface area contributed by atoms with Crippen LogP contribution in [0, 0.1) is 11.8 Å². The first-order valence-corrected chi connectivity index (χ1v) is 8.11. The Labute approximate surface area is 118 Å². The molecule has 1 aromatic rings. The standard InChI is InChI=1S/C12H17ClN2O3S/c13-12-11(5-2-6-14-12)19(17,18)15-7-9-3-1-4-10(9)8-16/h2,5-6,9-10,15-16H,1,3-4,7-8H2. The lowest BCUT2D eigenvalue weighted by molar-refractivity contribution is 0.195. The minimum Gasteiger partial charge on any atom is -0.396 e. The summed E-state index contributed by atoms with van der Waals surface area (Å²) in [7, 11) is -3.64. The molecule has 2 unspecified atom stereocenters. The highest BCUT2D eigenvalue weighted by atomic mass is 35.5. The molecule has 7 heteroatoms. The van der Waals surface area contributed by atoms with Gasteiger partial charge in [-0.2, -0.15) is 0 Å². The van der Waals surface area contributed by atoms with Gasteiger partial charge in [-0.25, -0.2) is 18.1 Å². The minimum atomic E-state index is -3.64. The second-order valence-electron chi connectivity index (χ2n) is 4.78. The van der Waals surface area contributed by atoms with E-state index in [-0.39, 0.29) is 28.5 Å². The highest BCUT2D eigenvalue weighted by Crippen LogP contribution is 2.31. The molecule has 1 saturated carbocycles. The molecular weight excluding hydrogens is 288 g/mol. The van der Waals surface area contributed by atoms with Crippen molar-refractivity contribution in [1.82, 2.24) is 9.71 Å². The van der Waals surface area contributed by atoms with Gasteiger partial charge in [-0.1, -0.05) is 18.0 Å². The number of hydrogen-bond donors (Lipinski definition) is 2. The molecule has 1 fully saturated rings. The molecule has 5 nitrogen and oxygen atoms in total. The third kappa shape index (κ3) is 3.45. The van der Waals surface area contributed by atoms with Crippen LogP contribution in [0.5, 0.6) is 0 Å². The molecular formula is C12H17ClN2O3S. The Kier molecular flexibility index (Phi) is 4.78. The Morgan fingerprint density at radius 1 is 1.42 bits per heavy atom. The molecule has 0 aliphatic heterocycles. The first-order chi connectivity index (χ1) is 9.04. The topological polar surface area (TPSA) is 79.3 Å². The van der Waals surface area contributed by atoms with Crippen molar-refractivity contribution in [3.05, 3.63) is 23.5 Å². The van der Waals surface area contributed by atoms with Crippen LogP contribution >= 0.6 is 11.6 Å². The van der Waals surface area contributed by atoms with E-state index < -0.39 is 10.0 Å². The summed E-state index contributed by atoms with van der Waals surface area (Å²) in [5.41, 5.74) is 0. The van der Waals surface area contributed by atoms with Crippen LogP contribution in [0.3, 0.4) is 0 Å². The first kappa shape index (κ1) is 14.7. The fourth-order valence-electron chi connectivity index (χ4n) is 2.49. The number of pyridine rings is 1. The molecule has 1 aliphatic rings. The maximum atomic E-state index is 12.1. The van der Waals surface area contributed by atoms with E-state index in [0.29, 0.717) is 6.54 Å². The zero-order valence-electron chi connectivity index (χ0n) is 10.4. The zero-order chi connectivity index (χ0) is 13.9. The number of halogens is 1. The molecule has 106 valence electrons. The lowest BCUT2D eigenvalue weighted by Gasteiger charge is -2.17. The fraction of sp³-hybridized carbons (Fsp3) is 0.583. The van der Waals surface area contributed by atoms with E-state index in [0.717, 1.165) is 19.3 Å². The molecule has 2 N–H and O–H groups in total. The van der Waals surface area contributed by atoms with Crippen LogP contribution in [0.1, 0.15) is 19.3 Å². The van der Waals surface area contributed by atoms with Crippen molar-refractivity contribution < 1.29 is 13.5 Å². The van der Waals surface area contributed by atoms with Crippen LogP contribution in [0.2, 0.25) is 5.15 Å². The number of nitrogens with one attached hydrogen (secondary N) is 1. The molecule has 2 atom stereocenters. The van der Waals surface area contributed by atoms with E-state index in [1.807, 2.05) is 0 Å². The summed E-state index contributed by atoms with van der Waals surface area (Å²) >= 11 is 5.79. The average molecular weight is 305 g/mol. The van der Waals surface area contributed by atoms with Crippen molar-refractivity contribution in [2.24, 2.45) is 11.8 Å². The average Bonchev–Trinajstić information content (AvgIpc) is 2.84. The van der Waals surface area contributed by atoms with Gasteiger partial charge in [0.15, 0.2) is 0 Å². The molecule has 19 heavy (non-hydrogen) atoms. The van der Waals surface area contributed by atoms with Gasteiger partial charge in [0.05, 0.1) is 0 Å². The Morgan fingerprint density at radius 3 is 2.84 bits per heavy atom. The van der Waals surface area contributed by atoms with Gasteiger partial charge in [0.25, 0.3) is 0 Å². The minimum absolute atomic E-state index is 0.00443. The molecule has 0 bridgehead atoms. The smallest absolute Gasteiger partial charge is 0.243 e. The van der Waals surface area contributed by atoms with Crippen molar-refractivity contribution >= 4 is 21.6 Å². The van der Waals surface area contributed by atoms with Crippen LogP contribution in [-0.4, -0.2) is 31.7 Å². The van der Waals surface area contributed by atoms with E-state index in [9.17, 15) is 13.5 Å². The highest BCUT2D eigenvalue weighted by molar-refractivity contribution is 7.89. The van der Waals surface area contributed by atoms with Gasteiger partial charge in [0.1, 0.15) is 10.0 Å². The Balaban J connectivity index is 2.04. The second kappa shape index (κ2) is 6.17. The van der Waals surface area contributed by atoms with E-state index in [1.165, 1.54) is 18.3 Å². The maximum Gasteiger partial charge on any atom is 0.243 e. The first-order valence-electron chi connectivity index (χ1n) is 6.25. The third-order valence-electron chi connectivity index (χ3n) is 3.60. The van der Waals surface area contributed by atoms with Gasteiger partial charge in [-0.05, 0) is 36.8 Å². The van der Waals surface area contributed by atoms with Crippen LogP contribution in [-0.2, 0) is 10.0 Å². The van der Waals surface area contributed by atoms with E-state index >= 15 is 0 Å². The van der Waals surface area contributed by atoms with E-state index in [2.05, 4.69) is 9.71 Å². The highest BCUT2D eigenvalue weighted by Gasteiger charge is 2.28. The SMILES string of the molecule is O=S(=O)(NCC1CCCC1CO)c1cccnc1Cl. The molecule has 0 amide bonds. The van der Waals surface area contributed by atoms with Crippen molar-refractivity contribution in [3.63, 3.8) is 0 Å². The molecule has 1 aromatic heterocycles. The van der Waals surface area contributed by atoms with Crippen molar-refractivity contribution in [2.45, 2.75) is 24.2 Å². The zero-order valence-corrected chi connectivity index (χ0v) is 12.0. The number of aliphatic hydroxyl groups excluding tert-OH is 1. The normalized spacial score (nSPS) is 23.7. The Morgan fingerprint density at radius 2 is 2.16 bits per heavy atom. The van der Waals surface area contributed by atoms with Crippen LogP contribution in [0.25, 0.3) is 0 Å². The molecule has 2 rings (SSSR count). The molecule has 0 saturated heterocycles. The summed E-state index contributed by atoms with van der Waals surface area (Å²) in [5, 5.41) is 9.19. The van der Waals surface area contributed by atoms with Crippen LogP contribution < -0.4 is 4.72 Å². The lowest BCUT2D eigenvalue weighted by atomic mass is 9.97. The van der Waals surface area contributed by atoms with E-state index in [4.69, 9.17) is 11.6 Å². The number of aromatic nitrogens is 1. The van der Waals surface area contributed by atoms with Crippen molar-refractivity contribution in [3.8, 4) is 0 Å². The summed E-state index contributed by atoms with van der Waals surface area (Å²) in [6, 6.07) is 2.96. The molecule has 0 spiro atoms. The predicted octanol–water partition coefficient (Wildman–Crippen LogP) is 1.42. The summed E-state index contributed by atoms with van der Waals surface area (Å²) < 4.78 is 26.8. The number of nitrogens with zero attached hydrogens (tertiary/aromatic N) is 1. The fourth-order valence-corrected chi connectivity index (χ4v) is 4.03. The number of hydrogen-bond acceptors (Lipinski definition) is 4. The Hall–Kier alpha value is -0.690. The molecule has 1 heterocycles. The number of sulfonamides is 1. The number of rotatable bonds is 5. The van der Waals surface area contributed by atoms with E-state index in [1.54, 1.807) is 0 Å². The van der Waals surface area contributed by atoms with Gasteiger partial charge in [0, 0.05) is 19.3 Å². The van der Waals surface area contributed by atoms with Gasteiger partial charge >= 0.3 is 0 Å². The number of aliphatic hydroxyl groups is 1. The van der Waals surface area contributed by atoms with Gasteiger partial charge in [-0.3, -0.25) is 0 Å². The summed E-state index contributed by atoms with van der Waals surface area (Å²) in [6.07, 6.45) is 4.37. The quantitative estimate of drug-likeness (QED) is 0.806. The van der Waals surface area contributed by atoms with Crippen molar-refractivity contribution in [2.75, 3.05) is 13.2 Å². The lowest BCUT2D eigenvalue weighted by Crippen LogP contribution is -2.32. The predicted molar refractivity (Wildman–Crippen MR) is 72.4 cm³/mol. The Bertz CT molecular complexity index is 536. The monoisotopic (exact) mass is 304 g/mol.